The second-order valence-corrected chi connectivity index (χ2v) is 17.1. The molecule has 0 aromatic carbocycles. The molecule has 1 rings (SSSR count). The third-order valence-corrected chi connectivity index (χ3v) is 17.8. The van der Waals surface area contributed by atoms with Crippen LogP contribution in [0.15, 0.2) is 0 Å². The Balaban J connectivity index is 2.64. The SMILES string of the molecule is CCC[N]1CC[N](CCC)[Sn]1([CH3])[CH2]C. The van der Waals surface area contributed by atoms with Crippen LogP contribution in [0.25, 0.3) is 0 Å². The van der Waals surface area contributed by atoms with Gasteiger partial charge < -0.3 is 0 Å². The van der Waals surface area contributed by atoms with Crippen LogP contribution in [0.2, 0.25) is 9.38 Å². The number of hydrogen-bond donors (Lipinski definition) is 0. The molecule has 1 saturated heterocycles. The van der Waals surface area contributed by atoms with Crippen molar-refractivity contribution in [3.05, 3.63) is 0 Å². The normalized spacial score (nSPS) is 23.1. The Kier molecular flexibility index (Phi) is 5.21. The van der Waals surface area contributed by atoms with E-state index in [1.54, 1.807) is 0 Å². The van der Waals surface area contributed by atoms with Gasteiger partial charge in [-0.05, 0) is 0 Å². The molecule has 0 radical (unpaired) electrons. The number of rotatable bonds is 5. The summed E-state index contributed by atoms with van der Waals surface area (Å²) in [6.45, 7) is 12.4. The maximum atomic E-state index is 2.87. The zero-order chi connectivity index (χ0) is 10.6. The first-order chi connectivity index (χ1) is 6.69. The molecule has 1 aliphatic heterocycles. The predicted octanol–water partition coefficient (Wildman–Crippen LogP) is 2.52. The molecule has 0 aromatic rings. The van der Waals surface area contributed by atoms with E-state index in [1.807, 2.05) is 0 Å². The molecule has 0 unspecified atom stereocenters. The van der Waals surface area contributed by atoms with Gasteiger partial charge in [0.2, 0.25) is 0 Å². The summed E-state index contributed by atoms with van der Waals surface area (Å²) in [6, 6.07) is 0. The summed E-state index contributed by atoms with van der Waals surface area (Å²) in [5, 5.41) is 0. The molecule has 0 aromatic heterocycles. The van der Waals surface area contributed by atoms with Crippen molar-refractivity contribution in [1.29, 1.82) is 0 Å². The Morgan fingerprint density at radius 1 is 0.929 bits per heavy atom. The Morgan fingerprint density at radius 3 is 1.64 bits per heavy atom. The van der Waals surface area contributed by atoms with Crippen molar-refractivity contribution < 1.29 is 0 Å². The van der Waals surface area contributed by atoms with Gasteiger partial charge in [0.15, 0.2) is 0 Å². The van der Waals surface area contributed by atoms with Gasteiger partial charge in [0, 0.05) is 0 Å². The Labute approximate surface area is 94.2 Å². The van der Waals surface area contributed by atoms with Crippen LogP contribution in [0, 0.1) is 0 Å². The molecule has 0 spiro atoms. The summed E-state index contributed by atoms with van der Waals surface area (Å²) in [5.74, 6) is 0. The van der Waals surface area contributed by atoms with E-state index in [0.29, 0.717) is 0 Å². The fourth-order valence-electron chi connectivity index (χ4n) is 2.62. The van der Waals surface area contributed by atoms with Crippen LogP contribution in [0.4, 0.5) is 0 Å². The van der Waals surface area contributed by atoms with Crippen molar-refractivity contribution in [2.75, 3.05) is 26.2 Å². The van der Waals surface area contributed by atoms with E-state index in [9.17, 15) is 0 Å². The molecule has 0 amide bonds. The van der Waals surface area contributed by atoms with Gasteiger partial charge in [0.25, 0.3) is 0 Å². The van der Waals surface area contributed by atoms with Crippen molar-refractivity contribution in [2.24, 2.45) is 0 Å². The van der Waals surface area contributed by atoms with Crippen LogP contribution >= 0.6 is 0 Å². The van der Waals surface area contributed by atoms with Gasteiger partial charge >= 0.3 is 94.3 Å². The fraction of sp³-hybridized carbons (Fsp3) is 1.00. The van der Waals surface area contributed by atoms with E-state index in [1.165, 1.54) is 43.5 Å². The Bertz CT molecular complexity index is 159. The molecule has 3 heteroatoms. The molecule has 0 atom stereocenters. The second kappa shape index (κ2) is 5.71. The molecule has 1 heterocycles. The Hall–Kier alpha value is 0.719. The standard InChI is InChI=1S/C8H18N2.C2H5.CH3.Sn/c1-3-5-9-7-8-10-6-4-2;1-2;;/h3-8H2,1-2H3;1H2,2H3;1H3;/q-2;;;+2. The molecule has 0 aliphatic carbocycles. The van der Waals surface area contributed by atoms with E-state index >= 15 is 0 Å². The van der Waals surface area contributed by atoms with Gasteiger partial charge in [0.05, 0.1) is 0 Å². The zero-order valence-corrected chi connectivity index (χ0v) is 13.2. The molecule has 0 bridgehead atoms. The summed E-state index contributed by atoms with van der Waals surface area (Å²) in [4.78, 5) is 2.62. The van der Waals surface area contributed by atoms with Gasteiger partial charge in [-0.1, -0.05) is 0 Å². The molecule has 2 nitrogen and oxygen atoms in total. The quantitative estimate of drug-likeness (QED) is 0.720. The molecular formula is C11H26N2Sn. The van der Waals surface area contributed by atoms with Crippen LogP contribution in [0.1, 0.15) is 33.6 Å². The number of nitrogens with zero attached hydrogens (tertiary/aromatic N) is 2. The summed E-state index contributed by atoms with van der Waals surface area (Å²) in [7, 11) is 0. The molecule has 14 heavy (non-hydrogen) atoms. The van der Waals surface area contributed by atoms with Crippen molar-refractivity contribution in [3.63, 3.8) is 0 Å². The summed E-state index contributed by atoms with van der Waals surface area (Å²) < 4.78 is 7.18. The average molecular weight is 305 g/mol. The van der Waals surface area contributed by atoms with Crippen molar-refractivity contribution in [2.45, 2.75) is 43.0 Å². The van der Waals surface area contributed by atoms with Gasteiger partial charge in [-0.3, -0.25) is 0 Å². The van der Waals surface area contributed by atoms with E-state index in [-0.39, 0.29) is 0 Å². The second-order valence-electron chi connectivity index (χ2n) is 4.54. The van der Waals surface area contributed by atoms with E-state index in [0.717, 1.165) is 0 Å². The van der Waals surface area contributed by atoms with Crippen LogP contribution < -0.4 is 0 Å². The third-order valence-electron chi connectivity index (χ3n) is 3.66. The number of hydrogen-bond acceptors (Lipinski definition) is 2. The van der Waals surface area contributed by atoms with Crippen LogP contribution in [-0.2, 0) is 0 Å². The first kappa shape index (κ1) is 12.8. The topological polar surface area (TPSA) is 6.48 Å². The molecular weight excluding hydrogens is 279 g/mol. The van der Waals surface area contributed by atoms with Crippen LogP contribution in [0.3, 0.4) is 0 Å². The minimum atomic E-state index is -1.98. The van der Waals surface area contributed by atoms with Gasteiger partial charge in [-0.15, -0.1) is 0 Å². The summed E-state index contributed by atoms with van der Waals surface area (Å²) >= 11 is -1.98. The molecule has 84 valence electrons. The molecule has 0 N–H and O–H groups in total. The van der Waals surface area contributed by atoms with Crippen LogP contribution in [0.5, 0.6) is 0 Å². The van der Waals surface area contributed by atoms with E-state index in [4.69, 9.17) is 0 Å². The summed E-state index contributed by atoms with van der Waals surface area (Å²) in [6.07, 6.45) is 2.65. The van der Waals surface area contributed by atoms with Gasteiger partial charge in [-0.25, -0.2) is 0 Å². The zero-order valence-electron chi connectivity index (χ0n) is 10.3. The molecule has 1 fully saturated rings. The maximum absolute atomic E-state index is 2.87. The predicted molar refractivity (Wildman–Crippen MR) is 65.8 cm³/mol. The van der Waals surface area contributed by atoms with E-state index < -0.39 is 18.9 Å². The van der Waals surface area contributed by atoms with E-state index in [2.05, 4.69) is 32.0 Å². The summed E-state index contributed by atoms with van der Waals surface area (Å²) in [5.41, 5.74) is 0. The Morgan fingerprint density at radius 2 is 1.36 bits per heavy atom. The van der Waals surface area contributed by atoms with Crippen molar-refractivity contribution >= 4 is 18.9 Å². The van der Waals surface area contributed by atoms with Crippen LogP contribution in [-0.4, -0.2) is 51.3 Å². The first-order valence-corrected chi connectivity index (χ1v) is 13.6. The first-order valence-electron chi connectivity index (χ1n) is 6.19. The molecule has 0 saturated carbocycles. The monoisotopic (exact) mass is 306 g/mol. The van der Waals surface area contributed by atoms with Crippen molar-refractivity contribution in [3.8, 4) is 0 Å². The third kappa shape index (κ3) is 2.45. The van der Waals surface area contributed by atoms with Gasteiger partial charge in [-0.2, -0.15) is 0 Å². The van der Waals surface area contributed by atoms with Gasteiger partial charge in [0.1, 0.15) is 0 Å². The minimum absolute atomic E-state index is 1.33. The molecule has 1 aliphatic rings. The fourth-order valence-corrected chi connectivity index (χ4v) is 13.7. The van der Waals surface area contributed by atoms with Crippen molar-refractivity contribution in [1.82, 2.24) is 6.24 Å². The average Bonchev–Trinajstić information content (AvgIpc) is 2.48.